The number of hydrogen-bond acceptors (Lipinski definition) is 1. The molecule has 0 spiro atoms. The molecule has 0 aliphatic carbocycles. The Labute approximate surface area is 94.5 Å². The van der Waals surface area contributed by atoms with Crippen LogP contribution in [-0.4, -0.2) is 91.7 Å². The van der Waals surface area contributed by atoms with E-state index in [1.165, 1.54) is 0 Å². The summed E-state index contributed by atoms with van der Waals surface area (Å²) in [6.07, 6.45) is -1.83. The molecule has 0 unspecified atom stereocenters. The van der Waals surface area contributed by atoms with E-state index in [9.17, 15) is 0 Å². The molecule has 0 aromatic rings. The first-order valence-electron chi connectivity index (χ1n) is 0.651. The van der Waals surface area contributed by atoms with Crippen LogP contribution in [0.1, 0.15) is 0 Å². The minimum absolute atomic E-state index is 0. The van der Waals surface area contributed by atoms with Crippen LogP contribution in [0.5, 0.6) is 0 Å². The molecule has 0 saturated carbocycles. The summed E-state index contributed by atoms with van der Waals surface area (Å²) in [5.41, 5.74) is 0. The van der Waals surface area contributed by atoms with Gasteiger partial charge in [-0.1, -0.05) is 0 Å². The van der Waals surface area contributed by atoms with Crippen LogP contribution in [0.3, 0.4) is 0 Å². The molecule has 0 amide bonds. The number of hydrogen-bond donors (Lipinski definition) is 2. The molecule has 0 atom stereocenters. The summed E-state index contributed by atoms with van der Waals surface area (Å²) in [6, 6.07) is 0. The van der Waals surface area contributed by atoms with Crippen molar-refractivity contribution in [2.24, 2.45) is 0 Å². The van der Waals surface area contributed by atoms with Gasteiger partial charge in [-0.25, -0.2) is 4.79 Å². The van der Waals surface area contributed by atoms with Crippen molar-refractivity contribution in [1.82, 2.24) is 0 Å². The Hall–Kier alpha value is 1.71. The van der Waals surface area contributed by atoms with Crippen LogP contribution >= 0.6 is 0 Å². The zero-order chi connectivity index (χ0) is 3.58. The Morgan fingerprint density at radius 1 is 1.33 bits per heavy atom. The van der Waals surface area contributed by atoms with Gasteiger partial charge in [0.15, 0.2) is 0 Å². The van der Waals surface area contributed by atoms with Gasteiger partial charge in [0.25, 0.3) is 0 Å². The molecule has 3 nitrogen and oxygen atoms in total. The maximum atomic E-state index is 8.56. The number of carbonyl (C=O) groups is 1. The predicted molar refractivity (Wildman–Crippen MR) is 29.1 cm³/mol. The zero-order valence-electron chi connectivity index (χ0n) is 1.80. The first-order chi connectivity index (χ1) is 1.73. The molecule has 2 N–H and O–H groups in total. The summed E-state index contributed by atoms with van der Waals surface area (Å²) in [5.74, 6) is 0. The Balaban J connectivity index is -0.0000000450. The summed E-state index contributed by atoms with van der Waals surface area (Å²) in [7, 11) is 0. The van der Waals surface area contributed by atoms with Crippen LogP contribution < -0.4 is 0 Å². The van der Waals surface area contributed by atoms with Gasteiger partial charge in [-0.3, -0.25) is 0 Å². The van der Waals surface area contributed by atoms with Gasteiger partial charge in [0, 0.05) is 0 Å². The van der Waals surface area contributed by atoms with E-state index in [2.05, 4.69) is 0 Å². The Morgan fingerprint density at radius 3 is 1.33 bits per heavy atom. The number of rotatable bonds is 0. The van der Waals surface area contributed by atoms with Crippen molar-refractivity contribution in [2.75, 3.05) is 0 Å². The first-order valence-corrected chi connectivity index (χ1v) is 0.651. The average molecular weight is 225 g/mol. The van der Waals surface area contributed by atoms with Gasteiger partial charge in [0.05, 0.1) is 0 Å². The molecule has 0 bridgehead atoms. The second kappa shape index (κ2) is 9.86. The van der Waals surface area contributed by atoms with E-state index in [0.29, 0.717) is 0 Å². The predicted octanol–water partition coefficient (Wildman–Crippen LogP) is -1.88. The van der Waals surface area contributed by atoms with E-state index in [4.69, 9.17) is 15.0 Å². The molecule has 0 saturated heterocycles. The first kappa shape index (κ1) is 15.6. The SMILES string of the molecule is O=C(O)O.[KH].[SnH4]. The van der Waals surface area contributed by atoms with Gasteiger partial charge in [0.2, 0.25) is 0 Å². The molecule has 0 aliphatic heterocycles. The quantitative estimate of drug-likeness (QED) is 0.474. The van der Waals surface area contributed by atoms with Crippen LogP contribution in [0.2, 0.25) is 0 Å². The van der Waals surface area contributed by atoms with Crippen molar-refractivity contribution in [2.45, 2.75) is 0 Å². The second-order valence-electron chi connectivity index (χ2n) is 0.283. The summed E-state index contributed by atoms with van der Waals surface area (Å²) in [5, 5.41) is 13.9. The molecule has 5 heteroatoms. The molecule has 0 radical (unpaired) electrons. The van der Waals surface area contributed by atoms with E-state index in [0.717, 1.165) is 0 Å². The van der Waals surface area contributed by atoms with Gasteiger partial charge in [-0.05, 0) is 0 Å². The molecular formula is CH7KO3Sn. The third-order valence-electron chi connectivity index (χ3n) is 0. The third kappa shape index (κ3) is 43.4. The van der Waals surface area contributed by atoms with E-state index in [1.807, 2.05) is 0 Å². The molecule has 0 aliphatic rings. The second-order valence-corrected chi connectivity index (χ2v) is 0.283. The van der Waals surface area contributed by atoms with Crippen LogP contribution in [0.15, 0.2) is 0 Å². The fourth-order valence-corrected chi connectivity index (χ4v) is 0. The molecule has 6 heavy (non-hydrogen) atoms. The minimum atomic E-state index is -1.83. The van der Waals surface area contributed by atoms with Gasteiger partial charge >= 0.3 is 81.4 Å². The van der Waals surface area contributed by atoms with Crippen molar-refractivity contribution in [3.05, 3.63) is 0 Å². The summed E-state index contributed by atoms with van der Waals surface area (Å²) < 4.78 is 0. The van der Waals surface area contributed by atoms with Gasteiger partial charge in [-0.2, -0.15) is 0 Å². The van der Waals surface area contributed by atoms with E-state index in [1.54, 1.807) is 0 Å². The van der Waals surface area contributed by atoms with Gasteiger partial charge in [0.1, 0.15) is 0 Å². The summed E-state index contributed by atoms with van der Waals surface area (Å²) in [6.45, 7) is 0. The Morgan fingerprint density at radius 2 is 1.33 bits per heavy atom. The molecular weight excluding hydrogens is 218 g/mol. The maximum absolute atomic E-state index is 8.56. The van der Waals surface area contributed by atoms with E-state index >= 15 is 0 Å². The van der Waals surface area contributed by atoms with E-state index in [-0.39, 0.29) is 75.3 Å². The van der Waals surface area contributed by atoms with Crippen molar-refractivity contribution >= 4 is 81.4 Å². The van der Waals surface area contributed by atoms with Crippen LogP contribution in [0.4, 0.5) is 4.79 Å². The topological polar surface area (TPSA) is 57.5 Å². The van der Waals surface area contributed by atoms with Crippen LogP contribution in [0, 0.1) is 0 Å². The zero-order valence-corrected chi connectivity index (χ0v) is 1.80. The van der Waals surface area contributed by atoms with E-state index < -0.39 is 6.16 Å². The molecule has 0 fully saturated rings. The van der Waals surface area contributed by atoms with Crippen molar-refractivity contribution < 1.29 is 15.0 Å². The average Bonchev–Trinajstić information content (AvgIpc) is 0.811. The monoisotopic (exact) mass is 226 g/mol. The summed E-state index contributed by atoms with van der Waals surface area (Å²) >= 11 is 0. The fourth-order valence-electron chi connectivity index (χ4n) is 0. The molecule has 0 aromatic heterocycles. The molecule has 0 heterocycles. The van der Waals surface area contributed by atoms with Crippen LogP contribution in [-0.2, 0) is 0 Å². The van der Waals surface area contributed by atoms with Gasteiger partial charge < -0.3 is 10.2 Å². The molecule has 34 valence electrons. The van der Waals surface area contributed by atoms with Crippen LogP contribution in [0.25, 0.3) is 0 Å². The van der Waals surface area contributed by atoms with Crippen molar-refractivity contribution in [3.8, 4) is 0 Å². The van der Waals surface area contributed by atoms with Crippen molar-refractivity contribution in [3.63, 3.8) is 0 Å². The molecule has 0 rings (SSSR count). The Kier molecular flexibility index (Phi) is 25.7. The molecule has 0 aromatic carbocycles. The standard InChI is InChI=1S/CH2O3.K.Sn.5H/c2-1(3)4;;;;;;;/h(H2,2,3,4);;;;;;;. The number of carboxylic acid groups (broad SMARTS) is 2. The summed E-state index contributed by atoms with van der Waals surface area (Å²) in [4.78, 5) is 8.56. The fraction of sp³-hybridized carbons (Fsp3) is 0. The Bertz CT molecular complexity index is 33.8. The normalized spacial score (nSPS) is 4.00. The van der Waals surface area contributed by atoms with Gasteiger partial charge in [-0.15, -0.1) is 0 Å². The van der Waals surface area contributed by atoms with Crippen molar-refractivity contribution in [1.29, 1.82) is 0 Å². The third-order valence-corrected chi connectivity index (χ3v) is 0.